The third-order valence-electron chi connectivity index (χ3n) is 4.09. The number of carbonyl (C=O) groups excluding carboxylic acids is 2. The number of Topliss-reactive ketones (excluding diaryl/α,β-unsaturated/α-hetero) is 2. The van der Waals surface area contributed by atoms with Crippen LogP contribution in [0.15, 0.2) is 59.5 Å². The Labute approximate surface area is 134 Å². The molecule has 0 spiro atoms. The van der Waals surface area contributed by atoms with Crippen molar-refractivity contribution in [1.29, 1.82) is 0 Å². The van der Waals surface area contributed by atoms with Gasteiger partial charge in [0.15, 0.2) is 5.78 Å². The maximum atomic E-state index is 13.0. The van der Waals surface area contributed by atoms with Gasteiger partial charge < -0.3 is 4.79 Å². The van der Waals surface area contributed by atoms with Gasteiger partial charge in [0.05, 0.1) is 4.75 Å². The van der Waals surface area contributed by atoms with Crippen molar-refractivity contribution in [3.8, 4) is 0 Å². The summed E-state index contributed by atoms with van der Waals surface area (Å²) in [5, 5.41) is 0. The highest BCUT2D eigenvalue weighted by atomic mass is 32.2. The van der Waals surface area contributed by atoms with E-state index in [0.29, 0.717) is 19.3 Å². The summed E-state index contributed by atoms with van der Waals surface area (Å²) in [6.07, 6.45) is 1.74. The Morgan fingerprint density at radius 1 is 1.09 bits per heavy atom. The van der Waals surface area contributed by atoms with Gasteiger partial charge in [0.1, 0.15) is 5.78 Å². The van der Waals surface area contributed by atoms with E-state index in [1.165, 1.54) is 0 Å². The second-order valence-electron chi connectivity index (χ2n) is 5.77. The second kappa shape index (κ2) is 6.09. The monoisotopic (exact) mass is 310 g/mol. The summed E-state index contributed by atoms with van der Waals surface area (Å²) in [6, 6.07) is 17.8. The van der Waals surface area contributed by atoms with Crippen LogP contribution in [0.25, 0.3) is 0 Å². The fourth-order valence-corrected chi connectivity index (χ4v) is 4.34. The van der Waals surface area contributed by atoms with E-state index in [-0.39, 0.29) is 11.6 Å². The lowest BCUT2D eigenvalue weighted by Crippen LogP contribution is -2.32. The first-order chi connectivity index (χ1) is 10.6. The maximum absolute atomic E-state index is 13.0. The molecule has 0 fully saturated rings. The van der Waals surface area contributed by atoms with Crippen molar-refractivity contribution in [3.05, 3.63) is 65.7 Å². The molecule has 2 aromatic rings. The fourth-order valence-electron chi connectivity index (χ4n) is 2.96. The zero-order chi connectivity index (χ0) is 15.6. The van der Waals surface area contributed by atoms with Crippen molar-refractivity contribution in [3.63, 3.8) is 0 Å². The molecule has 2 nitrogen and oxygen atoms in total. The molecule has 0 saturated carbocycles. The zero-order valence-corrected chi connectivity index (χ0v) is 13.4. The molecule has 1 aliphatic carbocycles. The van der Waals surface area contributed by atoms with Crippen LogP contribution in [-0.2, 0) is 11.2 Å². The Kier molecular flexibility index (Phi) is 4.16. The first kappa shape index (κ1) is 15.0. The van der Waals surface area contributed by atoms with Crippen molar-refractivity contribution in [2.24, 2.45) is 0 Å². The number of thioether (sulfide) groups is 1. The molecule has 112 valence electrons. The van der Waals surface area contributed by atoms with E-state index in [4.69, 9.17) is 0 Å². The Balaban J connectivity index is 1.95. The van der Waals surface area contributed by atoms with Gasteiger partial charge in [-0.1, -0.05) is 42.5 Å². The van der Waals surface area contributed by atoms with E-state index >= 15 is 0 Å². The highest BCUT2D eigenvalue weighted by Gasteiger charge is 2.45. The summed E-state index contributed by atoms with van der Waals surface area (Å²) in [6.45, 7) is 1.59. The Hall–Kier alpha value is -1.87. The zero-order valence-electron chi connectivity index (χ0n) is 12.5. The number of ketones is 2. The van der Waals surface area contributed by atoms with Gasteiger partial charge >= 0.3 is 0 Å². The Morgan fingerprint density at radius 2 is 1.77 bits per heavy atom. The van der Waals surface area contributed by atoms with Gasteiger partial charge in [-0.3, -0.25) is 4.79 Å². The molecule has 22 heavy (non-hydrogen) atoms. The van der Waals surface area contributed by atoms with E-state index in [2.05, 4.69) is 0 Å². The molecule has 0 heterocycles. The maximum Gasteiger partial charge on any atom is 0.179 e. The molecule has 0 unspecified atom stereocenters. The van der Waals surface area contributed by atoms with Gasteiger partial charge in [0, 0.05) is 16.9 Å². The van der Waals surface area contributed by atoms with Gasteiger partial charge in [-0.05, 0) is 37.5 Å². The minimum Gasteiger partial charge on any atom is -0.300 e. The number of hydrogen-bond acceptors (Lipinski definition) is 3. The number of benzene rings is 2. The average molecular weight is 310 g/mol. The van der Waals surface area contributed by atoms with Crippen molar-refractivity contribution < 1.29 is 9.59 Å². The van der Waals surface area contributed by atoms with Crippen LogP contribution in [-0.4, -0.2) is 16.3 Å². The quantitative estimate of drug-likeness (QED) is 0.824. The van der Waals surface area contributed by atoms with E-state index in [9.17, 15) is 9.59 Å². The SMILES string of the molecule is CC(=O)CC[C@]1(Sc2ccccc2)Cc2ccccc2C1=O. The van der Waals surface area contributed by atoms with Crippen LogP contribution in [0, 0.1) is 0 Å². The van der Waals surface area contributed by atoms with E-state index in [0.717, 1.165) is 16.0 Å². The molecule has 3 rings (SSSR count). The van der Waals surface area contributed by atoms with E-state index in [1.807, 2.05) is 54.6 Å². The van der Waals surface area contributed by atoms with Crippen LogP contribution in [0.2, 0.25) is 0 Å². The number of rotatable bonds is 5. The van der Waals surface area contributed by atoms with Crippen LogP contribution in [0.1, 0.15) is 35.7 Å². The number of carbonyl (C=O) groups is 2. The lowest BCUT2D eigenvalue weighted by molar-refractivity contribution is -0.117. The van der Waals surface area contributed by atoms with E-state index in [1.54, 1.807) is 18.7 Å². The molecule has 0 amide bonds. The highest BCUT2D eigenvalue weighted by molar-refractivity contribution is 8.01. The number of fused-ring (bicyclic) bond motifs is 1. The van der Waals surface area contributed by atoms with Crippen LogP contribution in [0.4, 0.5) is 0 Å². The number of hydrogen-bond donors (Lipinski definition) is 0. The third kappa shape index (κ3) is 2.86. The van der Waals surface area contributed by atoms with Crippen molar-refractivity contribution >= 4 is 23.3 Å². The standard InChI is InChI=1S/C19H18O2S/c1-14(20)11-12-19(22-16-8-3-2-4-9-16)13-15-7-5-6-10-17(15)18(19)21/h2-10H,11-13H2,1H3/t19-/m0/s1. The topological polar surface area (TPSA) is 34.1 Å². The minimum atomic E-state index is -0.545. The smallest absolute Gasteiger partial charge is 0.179 e. The van der Waals surface area contributed by atoms with Gasteiger partial charge in [-0.15, -0.1) is 11.8 Å². The van der Waals surface area contributed by atoms with E-state index < -0.39 is 4.75 Å². The van der Waals surface area contributed by atoms with Crippen molar-refractivity contribution in [1.82, 2.24) is 0 Å². The van der Waals surface area contributed by atoms with Crippen LogP contribution >= 0.6 is 11.8 Å². The second-order valence-corrected chi connectivity index (χ2v) is 7.23. The Bertz CT molecular complexity index is 708. The summed E-state index contributed by atoms with van der Waals surface area (Å²) in [5.41, 5.74) is 1.91. The molecular weight excluding hydrogens is 292 g/mol. The molecule has 0 radical (unpaired) electrons. The summed E-state index contributed by atoms with van der Waals surface area (Å²) >= 11 is 1.60. The molecule has 2 aromatic carbocycles. The minimum absolute atomic E-state index is 0.136. The molecule has 0 aromatic heterocycles. The first-order valence-corrected chi connectivity index (χ1v) is 8.29. The van der Waals surface area contributed by atoms with Gasteiger partial charge in [0.2, 0.25) is 0 Å². The summed E-state index contributed by atoms with van der Waals surface area (Å²) in [7, 11) is 0. The summed E-state index contributed by atoms with van der Waals surface area (Å²) < 4.78 is -0.545. The van der Waals surface area contributed by atoms with Crippen LogP contribution in [0.3, 0.4) is 0 Å². The molecule has 0 aliphatic heterocycles. The summed E-state index contributed by atoms with van der Waals surface area (Å²) in [4.78, 5) is 25.5. The van der Waals surface area contributed by atoms with Crippen molar-refractivity contribution in [2.45, 2.75) is 35.8 Å². The fraction of sp³-hybridized carbons (Fsp3) is 0.263. The van der Waals surface area contributed by atoms with Gasteiger partial charge in [-0.25, -0.2) is 0 Å². The normalized spacial score (nSPS) is 20.0. The van der Waals surface area contributed by atoms with Crippen LogP contribution in [0.5, 0.6) is 0 Å². The molecule has 1 atom stereocenters. The van der Waals surface area contributed by atoms with Crippen molar-refractivity contribution in [2.75, 3.05) is 0 Å². The van der Waals surface area contributed by atoms with Gasteiger partial charge in [0.25, 0.3) is 0 Å². The highest BCUT2D eigenvalue weighted by Crippen LogP contribution is 2.46. The molecule has 0 saturated heterocycles. The molecule has 3 heteroatoms. The molecule has 0 N–H and O–H groups in total. The predicted octanol–water partition coefficient (Wildman–Crippen LogP) is 4.33. The average Bonchev–Trinajstić information content (AvgIpc) is 2.80. The van der Waals surface area contributed by atoms with Crippen LogP contribution < -0.4 is 0 Å². The molecule has 1 aliphatic rings. The molecular formula is C19H18O2S. The predicted molar refractivity (Wildman–Crippen MR) is 89.4 cm³/mol. The lowest BCUT2D eigenvalue weighted by atomic mass is 9.96. The lowest BCUT2D eigenvalue weighted by Gasteiger charge is -2.26. The summed E-state index contributed by atoms with van der Waals surface area (Å²) in [5.74, 6) is 0.301. The van der Waals surface area contributed by atoms with Gasteiger partial charge in [-0.2, -0.15) is 0 Å². The first-order valence-electron chi connectivity index (χ1n) is 7.47. The Morgan fingerprint density at radius 3 is 2.45 bits per heavy atom. The third-order valence-corrected chi connectivity index (χ3v) is 5.52. The largest absolute Gasteiger partial charge is 0.300 e. The molecule has 0 bridgehead atoms.